The zero-order chi connectivity index (χ0) is 40.9. The molecule has 4 heterocycles. The number of benzene rings is 4. The Kier molecular flexibility index (Phi) is 11.1. The van der Waals surface area contributed by atoms with Crippen molar-refractivity contribution < 1.29 is 29.0 Å². The van der Waals surface area contributed by atoms with Crippen LogP contribution in [-0.2, 0) is 14.3 Å². The van der Waals surface area contributed by atoms with Crippen LogP contribution >= 0.6 is 0 Å². The minimum atomic E-state index is -1.27. The first-order chi connectivity index (χ1) is 28.7. The first kappa shape index (κ1) is 38.5. The number of amides is 4. The quantitative estimate of drug-likeness (QED) is 0.0992. The lowest BCUT2D eigenvalue weighted by atomic mass is 10.0. The zero-order valence-electron chi connectivity index (χ0n) is 32.2. The van der Waals surface area contributed by atoms with Crippen molar-refractivity contribution >= 4 is 35.0 Å². The minimum absolute atomic E-state index is 0.224. The molecule has 2 aliphatic heterocycles. The van der Waals surface area contributed by atoms with Crippen molar-refractivity contribution in [2.45, 2.75) is 49.9 Å². The van der Waals surface area contributed by atoms with Gasteiger partial charge >= 0.3 is 12.2 Å². The first-order valence-corrected chi connectivity index (χ1v) is 19.5. The van der Waals surface area contributed by atoms with E-state index in [1.807, 2.05) is 78.9 Å². The van der Waals surface area contributed by atoms with Crippen molar-refractivity contribution in [2.75, 3.05) is 20.2 Å². The van der Waals surface area contributed by atoms with Gasteiger partial charge in [-0.15, -0.1) is 0 Å². The van der Waals surface area contributed by atoms with Gasteiger partial charge in [0.25, 0.3) is 11.8 Å². The summed E-state index contributed by atoms with van der Waals surface area (Å²) < 4.78 is 4.83. The summed E-state index contributed by atoms with van der Waals surface area (Å²) in [6, 6.07) is 29.4. The Morgan fingerprint density at radius 1 is 0.746 bits per heavy atom. The smallest absolute Gasteiger partial charge is 0.407 e. The number of carbonyl (C=O) groups excluding carboxylic acids is 3. The van der Waals surface area contributed by atoms with E-state index < -0.39 is 24.3 Å². The van der Waals surface area contributed by atoms with Crippen LogP contribution in [0.5, 0.6) is 0 Å². The number of alkyl carbamates (subject to hydrolysis) is 1. The number of likely N-dealkylation sites (tertiary alicyclic amines) is 2. The van der Waals surface area contributed by atoms with Crippen molar-refractivity contribution in [3.8, 4) is 23.0 Å². The molecule has 2 aromatic heterocycles. The average molecular weight is 791 g/mol. The van der Waals surface area contributed by atoms with Gasteiger partial charge in [-0.2, -0.15) is 0 Å². The standard InChI is InChI=1S/C45H42N8O6/c1-59-45(58)51-39(31-12-6-3-7-13-31)43(55)53-25-9-15-37(53)41-48-34-23-21-32(26-35(34)49-41)29-19-16-28(17-20-29)18-22-33-27-46-40(47-33)36-14-8-24-52(36)42(54)38(50-44(56)57)30-10-4-2-5-11-30/h2-7,10-13,16-17,19-21,23,26-27,36-39,50H,8-9,14-15,24-25H2,1H3,(H,46,47)(H,48,49)(H,51,58)(H,56,57)/t36-,37-,38+,39+/m0/s1. The molecule has 0 aliphatic carbocycles. The molecule has 298 valence electrons. The number of nitrogens with one attached hydrogen (secondary N) is 4. The summed E-state index contributed by atoms with van der Waals surface area (Å²) in [6.45, 7) is 1.03. The molecule has 8 rings (SSSR count). The maximum absolute atomic E-state index is 13.9. The predicted octanol–water partition coefficient (Wildman–Crippen LogP) is 6.79. The van der Waals surface area contributed by atoms with Crippen molar-refractivity contribution in [1.29, 1.82) is 0 Å². The molecule has 0 bridgehead atoms. The van der Waals surface area contributed by atoms with E-state index in [0.29, 0.717) is 48.0 Å². The maximum atomic E-state index is 13.9. The molecule has 14 nitrogen and oxygen atoms in total. The van der Waals surface area contributed by atoms with E-state index in [2.05, 4.69) is 32.4 Å². The molecule has 59 heavy (non-hydrogen) atoms. The van der Waals surface area contributed by atoms with Crippen LogP contribution in [0, 0.1) is 11.8 Å². The van der Waals surface area contributed by atoms with Gasteiger partial charge in [-0.25, -0.2) is 19.6 Å². The molecule has 0 unspecified atom stereocenters. The largest absolute Gasteiger partial charge is 0.465 e. The Labute approximate surface area is 340 Å². The number of rotatable bonds is 9. The highest BCUT2D eigenvalue weighted by molar-refractivity contribution is 5.88. The van der Waals surface area contributed by atoms with Crippen molar-refractivity contribution in [1.82, 2.24) is 40.4 Å². The van der Waals surface area contributed by atoms with Crippen LogP contribution in [0.1, 0.15) is 83.9 Å². The van der Waals surface area contributed by atoms with Gasteiger partial charge < -0.3 is 40.2 Å². The Bertz CT molecular complexity index is 2540. The van der Waals surface area contributed by atoms with E-state index in [4.69, 9.17) is 14.7 Å². The van der Waals surface area contributed by atoms with Gasteiger partial charge in [0.05, 0.1) is 30.2 Å². The Morgan fingerprint density at radius 3 is 1.95 bits per heavy atom. The number of aromatic amines is 2. The number of ether oxygens (including phenoxy) is 1. The Hall–Kier alpha value is -7.40. The summed E-state index contributed by atoms with van der Waals surface area (Å²) in [5.74, 6) is 7.05. The first-order valence-electron chi connectivity index (χ1n) is 19.5. The van der Waals surface area contributed by atoms with Crippen LogP contribution in [-0.4, -0.2) is 79.0 Å². The molecular formula is C45H42N8O6. The van der Waals surface area contributed by atoms with Crippen LogP contribution in [0.25, 0.3) is 22.2 Å². The highest BCUT2D eigenvalue weighted by Crippen LogP contribution is 2.35. The van der Waals surface area contributed by atoms with Crippen LogP contribution < -0.4 is 10.6 Å². The highest BCUT2D eigenvalue weighted by Gasteiger charge is 2.38. The van der Waals surface area contributed by atoms with Crippen molar-refractivity contribution in [3.63, 3.8) is 0 Å². The SMILES string of the molecule is COC(=O)N[C@@H](C(=O)N1CCC[C@H]1c1nc2cc(-c3ccc(C#Cc4c[nH]c([C@@H]5CCCN5C(=O)[C@H](NC(=O)O)c5ccccc5)n4)cc3)ccc2[nH]1)c1ccccc1. The lowest BCUT2D eigenvalue weighted by molar-refractivity contribution is -0.135. The minimum Gasteiger partial charge on any atom is -0.465 e. The molecule has 4 aromatic carbocycles. The third kappa shape index (κ3) is 8.36. The Balaban J connectivity index is 0.943. The molecule has 0 saturated carbocycles. The third-order valence-electron chi connectivity index (χ3n) is 10.8. The number of hydrogen-bond acceptors (Lipinski definition) is 7. The number of imidazole rings is 2. The second-order valence-electron chi connectivity index (χ2n) is 14.5. The number of carbonyl (C=O) groups is 4. The number of carboxylic acid groups (broad SMARTS) is 1. The number of nitrogens with zero attached hydrogens (tertiary/aromatic N) is 4. The fourth-order valence-electron chi connectivity index (χ4n) is 7.94. The fraction of sp³-hybridized carbons (Fsp3) is 0.244. The second-order valence-corrected chi connectivity index (χ2v) is 14.5. The van der Waals surface area contributed by atoms with Crippen molar-refractivity contribution in [2.24, 2.45) is 0 Å². The lowest BCUT2D eigenvalue weighted by Gasteiger charge is -2.28. The molecule has 4 amide bonds. The summed E-state index contributed by atoms with van der Waals surface area (Å²) in [4.78, 5) is 71.1. The van der Waals surface area contributed by atoms with Crippen LogP contribution in [0.3, 0.4) is 0 Å². The van der Waals surface area contributed by atoms with Crippen LogP contribution in [0.4, 0.5) is 9.59 Å². The van der Waals surface area contributed by atoms with E-state index in [0.717, 1.165) is 47.0 Å². The van der Waals surface area contributed by atoms with Crippen LogP contribution in [0.2, 0.25) is 0 Å². The molecule has 14 heteroatoms. The predicted molar refractivity (Wildman–Crippen MR) is 219 cm³/mol. The average Bonchev–Trinajstić information content (AvgIpc) is 4.11. The topological polar surface area (TPSA) is 186 Å². The van der Waals surface area contributed by atoms with E-state index in [-0.39, 0.29) is 23.9 Å². The molecule has 6 aromatic rings. The summed E-state index contributed by atoms with van der Waals surface area (Å²) in [7, 11) is 1.27. The summed E-state index contributed by atoms with van der Waals surface area (Å²) in [6.07, 6.45) is 2.77. The zero-order valence-corrected chi connectivity index (χ0v) is 32.2. The van der Waals surface area contributed by atoms with Crippen LogP contribution in [0.15, 0.2) is 109 Å². The van der Waals surface area contributed by atoms with E-state index in [1.165, 1.54) is 7.11 Å². The molecule has 2 fully saturated rings. The van der Waals surface area contributed by atoms with Gasteiger partial charge in [0, 0.05) is 24.8 Å². The molecule has 5 N–H and O–H groups in total. The van der Waals surface area contributed by atoms with Gasteiger partial charge in [0.2, 0.25) is 0 Å². The molecular weight excluding hydrogens is 749 g/mol. The summed E-state index contributed by atoms with van der Waals surface area (Å²) >= 11 is 0. The molecule has 2 saturated heterocycles. The number of aromatic nitrogens is 4. The number of hydrogen-bond donors (Lipinski definition) is 5. The number of methoxy groups -OCH3 is 1. The highest BCUT2D eigenvalue weighted by atomic mass is 16.5. The van der Waals surface area contributed by atoms with Gasteiger partial charge in [0.1, 0.15) is 29.4 Å². The summed E-state index contributed by atoms with van der Waals surface area (Å²) in [5, 5.41) is 14.6. The van der Waals surface area contributed by atoms with Crippen molar-refractivity contribution in [3.05, 3.63) is 143 Å². The number of H-pyrrole nitrogens is 2. The number of fused-ring (bicyclic) bond motifs is 1. The molecule has 0 spiro atoms. The lowest BCUT2D eigenvalue weighted by Crippen LogP contribution is -2.42. The van der Waals surface area contributed by atoms with Gasteiger partial charge in [0.15, 0.2) is 0 Å². The summed E-state index contributed by atoms with van der Waals surface area (Å²) in [5.41, 5.74) is 6.16. The van der Waals surface area contributed by atoms with E-state index >= 15 is 0 Å². The molecule has 2 aliphatic rings. The van der Waals surface area contributed by atoms with Gasteiger partial charge in [-0.1, -0.05) is 84.8 Å². The van der Waals surface area contributed by atoms with E-state index in [1.54, 1.807) is 40.3 Å². The van der Waals surface area contributed by atoms with Gasteiger partial charge in [-0.3, -0.25) is 9.59 Å². The Morgan fingerprint density at radius 2 is 1.34 bits per heavy atom. The van der Waals surface area contributed by atoms with E-state index in [9.17, 15) is 24.3 Å². The van der Waals surface area contributed by atoms with Gasteiger partial charge in [-0.05, 0) is 78.1 Å². The fourth-order valence-corrected chi connectivity index (χ4v) is 7.94. The molecule has 0 radical (unpaired) electrons. The second kappa shape index (κ2) is 17.0. The molecule has 4 atom stereocenters. The maximum Gasteiger partial charge on any atom is 0.407 e. The normalized spacial score (nSPS) is 17.2. The monoisotopic (exact) mass is 790 g/mol. The third-order valence-corrected chi connectivity index (χ3v) is 10.8.